The molecule has 0 radical (unpaired) electrons. The van der Waals surface area contributed by atoms with Crippen LogP contribution >= 0.6 is 11.8 Å². The quantitative estimate of drug-likeness (QED) is 0.291. The second kappa shape index (κ2) is 8.11. The van der Waals surface area contributed by atoms with Crippen LogP contribution in [0.15, 0.2) is 82.7 Å². The summed E-state index contributed by atoms with van der Waals surface area (Å²) in [7, 11) is 0. The van der Waals surface area contributed by atoms with Gasteiger partial charge in [0.15, 0.2) is 5.16 Å². The van der Waals surface area contributed by atoms with Gasteiger partial charge in [-0.1, -0.05) is 86.6 Å². The highest BCUT2D eigenvalue weighted by molar-refractivity contribution is 7.98. The Morgan fingerprint density at radius 3 is 2.23 bits per heavy atom. The zero-order valence-electron chi connectivity index (χ0n) is 17.8. The van der Waals surface area contributed by atoms with Crippen molar-refractivity contribution in [3.05, 3.63) is 99.8 Å². The number of fused-ring (bicyclic) bond motifs is 1. The van der Waals surface area contributed by atoms with Gasteiger partial charge >= 0.3 is 0 Å². The maximum atomic E-state index is 13.3. The van der Waals surface area contributed by atoms with Gasteiger partial charge in [-0.05, 0) is 47.7 Å². The molecule has 0 fully saturated rings. The molecule has 4 heteroatoms. The van der Waals surface area contributed by atoms with Crippen molar-refractivity contribution in [3.63, 3.8) is 0 Å². The summed E-state index contributed by atoms with van der Waals surface area (Å²) in [6.45, 7) is 8.70. The van der Waals surface area contributed by atoms with Crippen molar-refractivity contribution in [1.82, 2.24) is 9.55 Å². The number of hydrogen-bond donors (Lipinski definition) is 0. The van der Waals surface area contributed by atoms with Gasteiger partial charge in [-0.25, -0.2) is 4.98 Å². The molecule has 30 heavy (non-hydrogen) atoms. The van der Waals surface area contributed by atoms with Gasteiger partial charge in [-0.3, -0.25) is 9.36 Å². The molecule has 0 saturated heterocycles. The smallest absolute Gasteiger partial charge is 0.266 e. The first-order valence-electron chi connectivity index (χ1n) is 10.1. The standard InChI is InChI=1S/C26H26N2OS/c1-18-9-15-21(16-10-18)28-24(29)22-7-5-6-8-23(22)27-25(28)30-17-19-11-13-20(14-12-19)26(2,3)4/h5-16H,17H2,1-4H3. The van der Waals surface area contributed by atoms with E-state index in [0.717, 1.165) is 22.5 Å². The van der Waals surface area contributed by atoms with Gasteiger partial charge in [0.05, 0.1) is 16.6 Å². The minimum Gasteiger partial charge on any atom is -0.268 e. The van der Waals surface area contributed by atoms with Gasteiger partial charge in [0.1, 0.15) is 0 Å². The number of aryl methyl sites for hydroxylation is 1. The first-order valence-corrected chi connectivity index (χ1v) is 11.1. The van der Waals surface area contributed by atoms with Gasteiger partial charge in [0, 0.05) is 5.75 Å². The van der Waals surface area contributed by atoms with Crippen LogP contribution in [-0.2, 0) is 11.2 Å². The monoisotopic (exact) mass is 414 g/mol. The maximum absolute atomic E-state index is 13.3. The second-order valence-electron chi connectivity index (χ2n) is 8.62. The van der Waals surface area contributed by atoms with Crippen molar-refractivity contribution in [2.75, 3.05) is 0 Å². The Morgan fingerprint density at radius 1 is 0.900 bits per heavy atom. The van der Waals surface area contributed by atoms with Crippen molar-refractivity contribution in [2.24, 2.45) is 0 Å². The Hall–Kier alpha value is -2.85. The van der Waals surface area contributed by atoms with Gasteiger partial charge < -0.3 is 0 Å². The van der Waals surface area contributed by atoms with E-state index in [1.54, 1.807) is 16.3 Å². The summed E-state index contributed by atoms with van der Waals surface area (Å²) in [5, 5.41) is 1.35. The van der Waals surface area contributed by atoms with Gasteiger partial charge in [0.25, 0.3) is 5.56 Å². The average molecular weight is 415 g/mol. The zero-order chi connectivity index (χ0) is 21.3. The lowest BCUT2D eigenvalue weighted by Crippen LogP contribution is -2.21. The molecule has 4 aromatic rings. The minimum absolute atomic E-state index is 0.0324. The lowest BCUT2D eigenvalue weighted by Gasteiger charge is -2.19. The van der Waals surface area contributed by atoms with E-state index in [2.05, 4.69) is 45.0 Å². The van der Waals surface area contributed by atoms with E-state index < -0.39 is 0 Å². The molecule has 0 unspecified atom stereocenters. The molecule has 0 aliphatic carbocycles. The molecule has 0 spiro atoms. The number of rotatable bonds is 4. The van der Waals surface area contributed by atoms with E-state index in [9.17, 15) is 4.79 Å². The summed E-state index contributed by atoms with van der Waals surface area (Å²) in [4.78, 5) is 18.1. The highest BCUT2D eigenvalue weighted by Gasteiger charge is 2.15. The fourth-order valence-corrected chi connectivity index (χ4v) is 4.35. The lowest BCUT2D eigenvalue weighted by atomic mass is 9.87. The van der Waals surface area contributed by atoms with Crippen LogP contribution in [0.5, 0.6) is 0 Å². The Kier molecular flexibility index (Phi) is 5.52. The molecule has 0 atom stereocenters. The molecule has 0 aliphatic heterocycles. The zero-order valence-corrected chi connectivity index (χ0v) is 18.7. The third-order valence-corrected chi connectivity index (χ3v) is 6.23. The summed E-state index contributed by atoms with van der Waals surface area (Å²) in [6.07, 6.45) is 0. The number of benzene rings is 3. The Balaban J connectivity index is 1.73. The Bertz CT molecular complexity index is 1230. The average Bonchev–Trinajstić information content (AvgIpc) is 2.73. The first-order chi connectivity index (χ1) is 14.3. The molecular weight excluding hydrogens is 388 g/mol. The molecule has 1 aromatic heterocycles. The molecule has 0 aliphatic rings. The number of thioether (sulfide) groups is 1. The minimum atomic E-state index is -0.0324. The van der Waals surface area contributed by atoms with Crippen LogP contribution < -0.4 is 5.56 Å². The van der Waals surface area contributed by atoms with Crippen molar-refractivity contribution >= 4 is 22.7 Å². The number of aromatic nitrogens is 2. The van der Waals surface area contributed by atoms with E-state index in [0.29, 0.717) is 10.5 Å². The second-order valence-corrected chi connectivity index (χ2v) is 9.57. The van der Waals surface area contributed by atoms with E-state index in [1.165, 1.54) is 11.1 Å². The highest BCUT2D eigenvalue weighted by Crippen LogP contribution is 2.27. The molecule has 0 N–H and O–H groups in total. The normalized spacial score (nSPS) is 11.7. The third kappa shape index (κ3) is 4.19. The van der Waals surface area contributed by atoms with Crippen LogP contribution in [0.2, 0.25) is 0 Å². The molecule has 3 nitrogen and oxygen atoms in total. The van der Waals surface area contributed by atoms with Crippen LogP contribution in [0, 0.1) is 6.92 Å². The van der Waals surface area contributed by atoms with E-state index in [1.807, 2.05) is 55.5 Å². The molecular formula is C26H26N2OS. The van der Waals surface area contributed by atoms with Crippen LogP contribution in [0.25, 0.3) is 16.6 Å². The summed E-state index contributed by atoms with van der Waals surface area (Å²) in [6, 6.07) is 24.3. The number of hydrogen-bond acceptors (Lipinski definition) is 3. The fraction of sp³-hybridized carbons (Fsp3) is 0.231. The van der Waals surface area contributed by atoms with Crippen LogP contribution in [0.1, 0.15) is 37.5 Å². The van der Waals surface area contributed by atoms with Crippen LogP contribution in [0.3, 0.4) is 0 Å². The summed E-state index contributed by atoms with van der Waals surface area (Å²) in [5.74, 6) is 0.751. The first kappa shape index (κ1) is 20.4. The summed E-state index contributed by atoms with van der Waals surface area (Å²) >= 11 is 1.59. The highest BCUT2D eigenvalue weighted by atomic mass is 32.2. The van der Waals surface area contributed by atoms with Gasteiger partial charge in [0.2, 0.25) is 0 Å². The fourth-order valence-electron chi connectivity index (χ4n) is 3.38. The largest absolute Gasteiger partial charge is 0.268 e. The maximum Gasteiger partial charge on any atom is 0.266 e. The van der Waals surface area contributed by atoms with Crippen LogP contribution in [0.4, 0.5) is 0 Å². The Labute approximate surface area is 181 Å². The van der Waals surface area contributed by atoms with Crippen molar-refractivity contribution in [1.29, 1.82) is 0 Å². The summed E-state index contributed by atoms with van der Waals surface area (Å²) < 4.78 is 1.73. The van der Waals surface area contributed by atoms with Gasteiger partial charge in [-0.15, -0.1) is 0 Å². The van der Waals surface area contributed by atoms with E-state index >= 15 is 0 Å². The third-order valence-electron chi connectivity index (χ3n) is 5.22. The van der Waals surface area contributed by atoms with Crippen molar-refractivity contribution in [3.8, 4) is 5.69 Å². The van der Waals surface area contributed by atoms with Crippen molar-refractivity contribution in [2.45, 2.75) is 44.0 Å². The van der Waals surface area contributed by atoms with Crippen LogP contribution in [-0.4, -0.2) is 9.55 Å². The molecule has 0 bridgehead atoms. The summed E-state index contributed by atoms with van der Waals surface area (Å²) in [5.41, 5.74) is 5.37. The number of para-hydroxylation sites is 1. The SMILES string of the molecule is Cc1ccc(-n2c(SCc3ccc(C(C)(C)C)cc3)nc3ccccc3c2=O)cc1. The molecule has 0 saturated carbocycles. The molecule has 0 amide bonds. The number of nitrogens with zero attached hydrogens (tertiary/aromatic N) is 2. The molecule has 4 rings (SSSR count). The van der Waals surface area contributed by atoms with Gasteiger partial charge in [-0.2, -0.15) is 0 Å². The van der Waals surface area contributed by atoms with E-state index in [4.69, 9.17) is 4.98 Å². The predicted octanol–water partition coefficient (Wildman–Crippen LogP) is 6.28. The molecule has 3 aromatic carbocycles. The molecule has 152 valence electrons. The topological polar surface area (TPSA) is 34.9 Å². The molecule has 1 heterocycles. The predicted molar refractivity (Wildman–Crippen MR) is 127 cm³/mol. The Morgan fingerprint density at radius 2 is 1.57 bits per heavy atom. The van der Waals surface area contributed by atoms with Crippen molar-refractivity contribution < 1.29 is 0 Å². The lowest BCUT2D eigenvalue weighted by molar-refractivity contribution is 0.590. The van der Waals surface area contributed by atoms with E-state index in [-0.39, 0.29) is 11.0 Å².